The summed E-state index contributed by atoms with van der Waals surface area (Å²) in [6.45, 7) is 4.29. The number of carbonyl (C=O) groups excluding carboxylic acids is 1. The Labute approximate surface area is 171 Å². The van der Waals surface area contributed by atoms with E-state index in [4.69, 9.17) is 0 Å². The van der Waals surface area contributed by atoms with E-state index in [1.54, 1.807) is 6.07 Å². The smallest absolute Gasteiger partial charge is 0.258 e. The number of halogens is 1. The zero-order chi connectivity index (χ0) is 19.8. The van der Waals surface area contributed by atoms with Crippen LogP contribution < -0.4 is 5.56 Å². The molecular weight excluding hydrogens is 418 g/mol. The highest BCUT2D eigenvalue weighted by Gasteiger charge is 2.46. The number of nitrogens with zero attached hydrogens (tertiary/aromatic N) is 2. The van der Waals surface area contributed by atoms with Crippen LogP contribution in [0.25, 0.3) is 10.9 Å². The summed E-state index contributed by atoms with van der Waals surface area (Å²) in [7, 11) is 0. The lowest BCUT2D eigenvalue weighted by Crippen LogP contribution is -2.38. The third kappa shape index (κ3) is 3.74. The number of aromatic nitrogens is 2. The van der Waals surface area contributed by atoms with Gasteiger partial charge in [-0.25, -0.2) is 4.98 Å². The molecule has 28 heavy (non-hydrogen) atoms. The van der Waals surface area contributed by atoms with Gasteiger partial charge in [0.25, 0.3) is 5.56 Å². The molecule has 2 unspecified atom stereocenters. The molecule has 4 rings (SSSR count). The molecule has 0 radical (unpaired) electrons. The number of H-pyrrole nitrogens is 1. The lowest BCUT2D eigenvalue weighted by Gasteiger charge is -2.26. The van der Waals surface area contributed by atoms with Gasteiger partial charge in [-0.2, -0.15) is 0 Å². The van der Waals surface area contributed by atoms with Crippen molar-refractivity contribution in [2.24, 2.45) is 5.92 Å². The van der Waals surface area contributed by atoms with Crippen LogP contribution in [0.3, 0.4) is 0 Å². The molecule has 1 fully saturated rings. The molecule has 144 valence electrons. The first-order valence-corrected chi connectivity index (χ1v) is 10.3. The minimum Gasteiger partial charge on any atom is -0.333 e. The van der Waals surface area contributed by atoms with Gasteiger partial charge in [-0.05, 0) is 56.0 Å². The Hall–Kier alpha value is -2.47. The Morgan fingerprint density at radius 1 is 1.21 bits per heavy atom. The summed E-state index contributed by atoms with van der Waals surface area (Å²) in [5, 5.41) is 0.561. The van der Waals surface area contributed by atoms with Crippen LogP contribution in [0.2, 0.25) is 0 Å². The topological polar surface area (TPSA) is 66.1 Å². The van der Waals surface area contributed by atoms with Crippen LogP contribution in [0.5, 0.6) is 0 Å². The SMILES string of the molecule is CC(C)N(Cc1nc2ccccc2c(=O)[nH]1)C(=O)C1CC1c1ccc(Br)cc1. The first-order valence-electron chi connectivity index (χ1n) is 9.48. The van der Waals surface area contributed by atoms with Crippen molar-refractivity contribution in [2.45, 2.75) is 38.8 Å². The second-order valence-electron chi connectivity index (χ2n) is 7.59. The van der Waals surface area contributed by atoms with Crippen molar-refractivity contribution in [1.82, 2.24) is 14.9 Å². The Morgan fingerprint density at radius 2 is 1.93 bits per heavy atom. The molecule has 5 nitrogen and oxygen atoms in total. The average Bonchev–Trinajstić information content (AvgIpc) is 3.47. The molecule has 6 heteroatoms. The Balaban J connectivity index is 1.54. The minimum absolute atomic E-state index is 0.00393. The summed E-state index contributed by atoms with van der Waals surface area (Å²) in [6, 6.07) is 15.4. The van der Waals surface area contributed by atoms with E-state index in [0.29, 0.717) is 23.3 Å². The van der Waals surface area contributed by atoms with E-state index in [-0.39, 0.29) is 29.3 Å². The first kappa shape index (κ1) is 18.9. The molecule has 1 aliphatic rings. The third-order valence-electron chi connectivity index (χ3n) is 5.29. The van der Waals surface area contributed by atoms with E-state index in [9.17, 15) is 9.59 Å². The van der Waals surface area contributed by atoms with E-state index in [1.165, 1.54) is 5.56 Å². The zero-order valence-electron chi connectivity index (χ0n) is 15.9. The predicted molar refractivity (Wildman–Crippen MR) is 113 cm³/mol. The standard InChI is InChI=1S/C22H22BrN3O2/c1-13(2)26(12-20-24-19-6-4-3-5-16(19)21(27)25-20)22(28)18-11-17(18)14-7-9-15(23)10-8-14/h3-10,13,17-18H,11-12H2,1-2H3,(H,24,25,27). The lowest BCUT2D eigenvalue weighted by atomic mass is 10.1. The van der Waals surface area contributed by atoms with Crippen molar-refractivity contribution in [2.75, 3.05) is 0 Å². The third-order valence-corrected chi connectivity index (χ3v) is 5.82. The molecule has 1 aliphatic carbocycles. The van der Waals surface area contributed by atoms with Crippen LogP contribution in [0.1, 0.15) is 37.6 Å². The highest BCUT2D eigenvalue weighted by atomic mass is 79.9. The molecule has 0 spiro atoms. The van der Waals surface area contributed by atoms with Gasteiger partial charge in [0.1, 0.15) is 5.82 Å². The first-order chi connectivity index (χ1) is 13.4. The highest BCUT2D eigenvalue weighted by Crippen LogP contribution is 2.48. The fraction of sp³-hybridized carbons (Fsp3) is 0.318. The molecule has 1 heterocycles. The summed E-state index contributed by atoms with van der Waals surface area (Å²) in [6.07, 6.45) is 0.866. The van der Waals surface area contributed by atoms with Crippen molar-refractivity contribution in [1.29, 1.82) is 0 Å². The molecule has 1 aromatic heterocycles. The van der Waals surface area contributed by atoms with Crippen LogP contribution in [0, 0.1) is 5.92 Å². The van der Waals surface area contributed by atoms with Crippen molar-refractivity contribution >= 4 is 32.7 Å². The van der Waals surface area contributed by atoms with Crippen LogP contribution in [-0.2, 0) is 11.3 Å². The molecule has 1 amide bonds. The van der Waals surface area contributed by atoms with Crippen molar-refractivity contribution < 1.29 is 4.79 Å². The fourth-order valence-corrected chi connectivity index (χ4v) is 3.91. The van der Waals surface area contributed by atoms with Gasteiger partial charge in [0.05, 0.1) is 17.4 Å². The van der Waals surface area contributed by atoms with E-state index >= 15 is 0 Å². The van der Waals surface area contributed by atoms with E-state index in [1.807, 2.05) is 49.1 Å². The maximum Gasteiger partial charge on any atom is 0.258 e. The molecule has 3 aromatic rings. The molecular formula is C22H22BrN3O2. The van der Waals surface area contributed by atoms with Crippen molar-refractivity contribution in [3.8, 4) is 0 Å². The van der Waals surface area contributed by atoms with Crippen LogP contribution in [0.4, 0.5) is 0 Å². The Kier molecular flexibility index (Phi) is 5.06. The number of aromatic amines is 1. The molecule has 1 saturated carbocycles. The number of nitrogens with one attached hydrogen (secondary N) is 1. The number of hydrogen-bond donors (Lipinski definition) is 1. The average molecular weight is 440 g/mol. The number of amides is 1. The molecule has 0 saturated heterocycles. The van der Waals surface area contributed by atoms with Gasteiger partial charge in [-0.3, -0.25) is 9.59 Å². The minimum atomic E-state index is -0.170. The molecule has 0 aliphatic heterocycles. The number of benzene rings is 2. The Bertz CT molecular complexity index is 1080. The number of para-hydroxylation sites is 1. The number of fused-ring (bicyclic) bond motifs is 1. The van der Waals surface area contributed by atoms with Gasteiger partial charge in [0, 0.05) is 16.4 Å². The summed E-state index contributed by atoms with van der Waals surface area (Å²) in [5.41, 5.74) is 1.68. The highest BCUT2D eigenvalue weighted by molar-refractivity contribution is 9.10. The van der Waals surface area contributed by atoms with Crippen molar-refractivity contribution in [3.05, 3.63) is 74.7 Å². The summed E-state index contributed by atoms with van der Waals surface area (Å²) in [5.74, 6) is 0.909. The van der Waals surface area contributed by atoms with Crippen LogP contribution >= 0.6 is 15.9 Å². The summed E-state index contributed by atoms with van der Waals surface area (Å²) < 4.78 is 1.04. The van der Waals surface area contributed by atoms with Crippen LogP contribution in [-0.4, -0.2) is 26.8 Å². The van der Waals surface area contributed by atoms with Gasteiger partial charge in [-0.1, -0.05) is 40.2 Å². The maximum absolute atomic E-state index is 13.1. The molecule has 1 N–H and O–H groups in total. The van der Waals surface area contributed by atoms with Gasteiger partial charge >= 0.3 is 0 Å². The molecule has 2 aromatic carbocycles. The lowest BCUT2D eigenvalue weighted by molar-refractivity contribution is -0.135. The largest absolute Gasteiger partial charge is 0.333 e. The molecule has 0 bridgehead atoms. The number of rotatable bonds is 5. The summed E-state index contributed by atoms with van der Waals surface area (Å²) >= 11 is 3.45. The second-order valence-corrected chi connectivity index (χ2v) is 8.51. The zero-order valence-corrected chi connectivity index (χ0v) is 17.4. The van der Waals surface area contributed by atoms with Crippen LogP contribution in [0.15, 0.2) is 57.8 Å². The predicted octanol–water partition coefficient (Wildman–Crippen LogP) is 4.23. The van der Waals surface area contributed by atoms with Crippen molar-refractivity contribution in [3.63, 3.8) is 0 Å². The Morgan fingerprint density at radius 3 is 2.64 bits per heavy atom. The second kappa shape index (κ2) is 7.51. The number of hydrogen-bond acceptors (Lipinski definition) is 3. The quantitative estimate of drug-likeness (QED) is 0.646. The van der Waals surface area contributed by atoms with E-state index in [0.717, 1.165) is 10.9 Å². The molecule has 2 atom stereocenters. The van der Waals surface area contributed by atoms with Gasteiger partial charge < -0.3 is 9.88 Å². The maximum atomic E-state index is 13.1. The normalized spacial score (nSPS) is 18.4. The van der Waals surface area contributed by atoms with E-state index in [2.05, 4.69) is 38.0 Å². The number of carbonyl (C=O) groups is 1. The van der Waals surface area contributed by atoms with Gasteiger partial charge in [-0.15, -0.1) is 0 Å². The monoisotopic (exact) mass is 439 g/mol. The van der Waals surface area contributed by atoms with Gasteiger partial charge in [0.2, 0.25) is 5.91 Å². The summed E-state index contributed by atoms with van der Waals surface area (Å²) in [4.78, 5) is 34.7. The fourth-order valence-electron chi connectivity index (χ4n) is 3.65. The van der Waals surface area contributed by atoms with Gasteiger partial charge in [0.15, 0.2) is 0 Å². The van der Waals surface area contributed by atoms with E-state index < -0.39 is 0 Å².